The van der Waals surface area contributed by atoms with E-state index in [0.717, 1.165) is 35.7 Å². The van der Waals surface area contributed by atoms with Gasteiger partial charge in [-0.2, -0.15) is 0 Å². The minimum Gasteiger partial charge on any atom is -0.383 e. The highest BCUT2D eigenvalue weighted by molar-refractivity contribution is 6.31. The van der Waals surface area contributed by atoms with E-state index in [2.05, 4.69) is 20.6 Å². The Hall–Kier alpha value is -3.40. The van der Waals surface area contributed by atoms with E-state index < -0.39 is 0 Å². The average Bonchev–Trinajstić information content (AvgIpc) is 3.37. The molecule has 1 aliphatic rings. The van der Waals surface area contributed by atoms with Crippen LogP contribution in [-0.4, -0.2) is 63.7 Å². The Morgan fingerprint density at radius 1 is 1.25 bits per heavy atom. The molecular weight excluding hydrogens is 478 g/mol. The lowest BCUT2D eigenvalue weighted by Gasteiger charge is -2.34. The number of hydrogen-bond acceptors (Lipinski definition) is 7. The number of halogens is 1. The van der Waals surface area contributed by atoms with Crippen molar-refractivity contribution >= 4 is 34.1 Å². The first-order chi connectivity index (χ1) is 17.5. The van der Waals surface area contributed by atoms with Crippen molar-refractivity contribution in [3.05, 3.63) is 65.1 Å². The van der Waals surface area contributed by atoms with E-state index in [1.54, 1.807) is 36.3 Å². The van der Waals surface area contributed by atoms with Gasteiger partial charge >= 0.3 is 0 Å². The number of ether oxygens (including phenoxy) is 1. The SMILES string of the molecule is COCCn1cc(-c2ccc(C(=O)N(c3nccc4cc(Cl)cc(C)c34)[C@@H]3CCCNC3)cn2)nn1. The standard InChI is InChI=1S/C26H28ClN7O2/c1-17-12-20(27)13-18-7-9-29-25(24(17)18)34(21-4-3-8-28-15-21)26(35)19-5-6-22(30-14-19)23-16-33(32-31-23)10-11-36-2/h5-7,9,12-14,16,21,28H,3-4,8,10-11,15H2,1-2H3/t21-/m1/s1. The molecule has 1 amide bonds. The number of carbonyl (C=O) groups is 1. The first-order valence-electron chi connectivity index (χ1n) is 12.0. The predicted octanol–water partition coefficient (Wildman–Crippen LogP) is 3.90. The zero-order valence-corrected chi connectivity index (χ0v) is 21.1. The molecule has 1 atom stereocenters. The molecule has 0 bridgehead atoms. The first kappa shape index (κ1) is 24.3. The summed E-state index contributed by atoms with van der Waals surface area (Å²) in [5.41, 5.74) is 2.75. The van der Waals surface area contributed by atoms with Gasteiger partial charge in [-0.3, -0.25) is 14.7 Å². The molecule has 4 aromatic rings. The van der Waals surface area contributed by atoms with Crippen LogP contribution in [0.2, 0.25) is 5.02 Å². The van der Waals surface area contributed by atoms with Crippen molar-refractivity contribution in [2.45, 2.75) is 32.4 Å². The Balaban J connectivity index is 1.50. The number of hydrogen-bond donors (Lipinski definition) is 1. The van der Waals surface area contributed by atoms with Gasteiger partial charge in [0.05, 0.1) is 36.6 Å². The summed E-state index contributed by atoms with van der Waals surface area (Å²) in [6.45, 7) is 4.79. The van der Waals surface area contributed by atoms with Crippen LogP contribution in [-0.2, 0) is 11.3 Å². The van der Waals surface area contributed by atoms with Crippen LogP contribution in [0.3, 0.4) is 0 Å². The third-order valence-corrected chi connectivity index (χ3v) is 6.64. The minimum absolute atomic E-state index is 0.0280. The maximum atomic E-state index is 14.0. The van der Waals surface area contributed by atoms with Gasteiger partial charge in [-0.15, -0.1) is 5.10 Å². The van der Waals surface area contributed by atoms with Gasteiger partial charge in [-0.05, 0) is 67.6 Å². The smallest absolute Gasteiger partial charge is 0.261 e. The summed E-state index contributed by atoms with van der Waals surface area (Å²) < 4.78 is 6.80. The van der Waals surface area contributed by atoms with Crippen molar-refractivity contribution in [1.82, 2.24) is 30.3 Å². The third-order valence-electron chi connectivity index (χ3n) is 6.42. The monoisotopic (exact) mass is 505 g/mol. The summed E-state index contributed by atoms with van der Waals surface area (Å²) in [6, 6.07) is 9.31. The van der Waals surface area contributed by atoms with Gasteiger partial charge in [0.15, 0.2) is 0 Å². The number of anilines is 1. The normalized spacial score (nSPS) is 15.8. The van der Waals surface area contributed by atoms with E-state index >= 15 is 0 Å². The van der Waals surface area contributed by atoms with Crippen molar-refractivity contribution in [3.8, 4) is 11.4 Å². The van der Waals surface area contributed by atoms with Crippen molar-refractivity contribution in [2.24, 2.45) is 0 Å². The number of nitrogens with one attached hydrogen (secondary N) is 1. The molecule has 0 spiro atoms. The van der Waals surface area contributed by atoms with E-state index in [0.29, 0.717) is 47.5 Å². The highest BCUT2D eigenvalue weighted by Gasteiger charge is 2.30. The van der Waals surface area contributed by atoms with Gasteiger partial charge < -0.3 is 10.1 Å². The van der Waals surface area contributed by atoms with Crippen LogP contribution in [0.25, 0.3) is 22.2 Å². The van der Waals surface area contributed by atoms with Gasteiger partial charge in [0.2, 0.25) is 0 Å². The molecule has 1 N–H and O–H groups in total. The predicted molar refractivity (Wildman–Crippen MR) is 139 cm³/mol. The molecular formula is C26H28ClN7O2. The number of fused-ring (bicyclic) bond motifs is 1. The average molecular weight is 506 g/mol. The van der Waals surface area contributed by atoms with E-state index in [1.807, 2.05) is 36.2 Å². The van der Waals surface area contributed by atoms with Crippen molar-refractivity contribution < 1.29 is 9.53 Å². The molecule has 5 rings (SSSR count). The Kier molecular flexibility index (Phi) is 7.22. The van der Waals surface area contributed by atoms with E-state index in [4.69, 9.17) is 21.3 Å². The van der Waals surface area contributed by atoms with Crippen LogP contribution in [0.15, 0.2) is 48.9 Å². The second-order valence-electron chi connectivity index (χ2n) is 8.92. The highest BCUT2D eigenvalue weighted by Crippen LogP contribution is 2.33. The molecule has 36 heavy (non-hydrogen) atoms. The Bertz CT molecular complexity index is 1370. The molecule has 1 saturated heterocycles. The molecule has 9 nitrogen and oxygen atoms in total. The molecule has 0 aliphatic carbocycles. The number of pyridine rings is 2. The van der Waals surface area contributed by atoms with Crippen molar-refractivity contribution in [2.75, 3.05) is 31.7 Å². The number of piperidine rings is 1. The Morgan fingerprint density at radius 2 is 2.14 bits per heavy atom. The zero-order valence-electron chi connectivity index (χ0n) is 20.3. The fourth-order valence-electron chi connectivity index (χ4n) is 4.65. The van der Waals surface area contributed by atoms with Gasteiger partial charge in [0.1, 0.15) is 11.5 Å². The lowest BCUT2D eigenvalue weighted by molar-refractivity contribution is 0.0971. The molecule has 1 fully saturated rings. The topological polar surface area (TPSA) is 98.1 Å². The number of rotatable bonds is 7. The maximum Gasteiger partial charge on any atom is 0.261 e. The van der Waals surface area contributed by atoms with Crippen LogP contribution in [0.1, 0.15) is 28.8 Å². The summed E-state index contributed by atoms with van der Waals surface area (Å²) >= 11 is 6.32. The lowest BCUT2D eigenvalue weighted by atomic mass is 10.0. The molecule has 0 unspecified atom stereocenters. The number of aryl methyl sites for hydroxylation is 1. The summed E-state index contributed by atoms with van der Waals surface area (Å²) in [5.74, 6) is 0.506. The van der Waals surface area contributed by atoms with Crippen LogP contribution in [0.5, 0.6) is 0 Å². The number of methoxy groups -OCH3 is 1. The number of carbonyl (C=O) groups excluding carboxylic acids is 1. The van der Waals surface area contributed by atoms with E-state index in [-0.39, 0.29) is 11.9 Å². The summed E-state index contributed by atoms with van der Waals surface area (Å²) in [5, 5.41) is 14.3. The molecule has 0 saturated carbocycles. The quantitative estimate of drug-likeness (QED) is 0.407. The minimum atomic E-state index is -0.138. The molecule has 4 heterocycles. The molecule has 186 valence electrons. The summed E-state index contributed by atoms with van der Waals surface area (Å²) in [7, 11) is 1.64. The second-order valence-corrected chi connectivity index (χ2v) is 9.36. The van der Waals surface area contributed by atoms with Gasteiger partial charge in [0, 0.05) is 36.5 Å². The Morgan fingerprint density at radius 3 is 2.89 bits per heavy atom. The van der Waals surface area contributed by atoms with Crippen LogP contribution in [0.4, 0.5) is 5.82 Å². The van der Waals surface area contributed by atoms with E-state index in [9.17, 15) is 4.79 Å². The number of amides is 1. The fraction of sp³-hybridized carbons (Fsp3) is 0.346. The fourth-order valence-corrected chi connectivity index (χ4v) is 4.93. The highest BCUT2D eigenvalue weighted by atomic mass is 35.5. The van der Waals surface area contributed by atoms with Crippen LogP contribution in [0, 0.1) is 6.92 Å². The maximum absolute atomic E-state index is 14.0. The van der Waals surface area contributed by atoms with Gasteiger partial charge in [0.25, 0.3) is 5.91 Å². The lowest BCUT2D eigenvalue weighted by Crippen LogP contribution is -2.49. The molecule has 3 aromatic heterocycles. The van der Waals surface area contributed by atoms with Gasteiger partial charge in [-0.25, -0.2) is 9.67 Å². The summed E-state index contributed by atoms with van der Waals surface area (Å²) in [4.78, 5) is 25.0. The summed E-state index contributed by atoms with van der Waals surface area (Å²) in [6.07, 6.45) is 7.03. The number of nitrogens with zero attached hydrogens (tertiary/aromatic N) is 6. The van der Waals surface area contributed by atoms with Crippen LogP contribution < -0.4 is 10.2 Å². The molecule has 0 radical (unpaired) electrons. The number of benzene rings is 1. The first-order valence-corrected chi connectivity index (χ1v) is 12.4. The molecule has 1 aromatic carbocycles. The Labute approximate surface area is 214 Å². The molecule has 1 aliphatic heterocycles. The molecule has 10 heteroatoms. The third kappa shape index (κ3) is 4.95. The van der Waals surface area contributed by atoms with Crippen LogP contribution >= 0.6 is 11.6 Å². The van der Waals surface area contributed by atoms with Crippen molar-refractivity contribution in [1.29, 1.82) is 0 Å². The van der Waals surface area contributed by atoms with E-state index in [1.165, 1.54) is 0 Å². The van der Waals surface area contributed by atoms with Gasteiger partial charge in [-0.1, -0.05) is 16.8 Å². The second kappa shape index (κ2) is 10.7. The number of aromatic nitrogens is 5. The zero-order chi connectivity index (χ0) is 25.1. The largest absolute Gasteiger partial charge is 0.383 e. The van der Waals surface area contributed by atoms with Crippen molar-refractivity contribution in [3.63, 3.8) is 0 Å².